The Morgan fingerprint density at radius 2 is 1.69 bits per heavy atom. The van der Waals surface area contributed by atoms with E-state index in [0.29, 0.717) is 41.9 Å². The van der Waals surface area contributed by atoms with Gasteiger partial charge in [-0.3, -0.25) is 14.4 Å². The Kier molecular flexibility index (Phi) is 11.7. The van der Waals surface area contributed by atoms with E-state index in [4.69, 9.17) is 0 Å². The van der Waals surface area contributed by atoms with Crippen LogP contribution >= 0.6 is 0 Å². The molecule has 0 radical (unpaired) electrons. The van der Waals surface area contributed by atoms with Crippen LogP contribution in [0.3, 0.4) is 0 Å². The van der Waals surface area contributed by atoms with Crippen molar-refractivity contribution in [1.82, 2.24) is 10.6 Å². The highest BCUT2D eigenvalue weighted by atomic mass is 32.2. The molecule has 0 saturated carbocycles. The summed E-state index contributed by atoms with van der Waals surface area (Å²) < 4.78 is 25.4. The molecule has 0 aliphatic carbocycles. The summed E-state index contributed by atoms with van der Waals surface area (Å²) in [6.07, 6.45) is 10.6. The maximum atomic E-state index is 12.7. The molecule has 0 saturated heterocycles. The number of amides is 3. The largest absolute Gasteiger partial charge is 0.376 e. The molecule has 3 aromatic carbocycles. The van der Waals surface area contributed by atoms with Crippen molar-refractivity contribution in [3.63, 3.8) is 0 Å². The molecule has 3 aromatic rings. The third-order valence-electron chi connectivity index (χ3n) is 6.73. The van der Waals surface area contributed by atoms with E-state index in [-0.39, 0.29) is 41.5 Å². The second-order valence-corrected chi connectivity index (χ2v) is 11.9. The molecular weight excluding hydrogens is 552 g/mol. The van der Waals surface area contributed by atoms with Gasteiger partial charge in [-0.05, 0) is 66.3 Å². The van der Waals surface area contributed by atoms with E-state index in [9.17, 15) is 22.8 Å². The smallest absolute Gasteiger partial charge is 0.251 e. The van der Waals surface area contributed by atoms with Crippen LogP contribution in [0.1, 0.15) is 46.8 Å². The number of benzene rings is 3. The lowest BCUT2D eigenvalue weighted by atomic mass is 10.00. The fraction of sp³-hybridized carbons (Fsp3) is 0.281. The van der Waals surface area contributed by atoms with Crippen molar-refractivity contribution in [3.8, 4) is 12.8 Å². The second kappa shape index (κ2) is 15.4. The number of terminal acetylenes is 1. The summed E-state index contributed by atoms with van der Waals surface area (Å²) in [4.78, 5) is 37.3. The molecule has 220 valence electrons. The zero-order chi connectivity index (χ0) is 30.5. The lowest BCUT2D eigenvalue weighted by Gasteiger charge is -2.17. The second-order valence-electron chi connectivity index (χ2n) is 9.62. The summed E-state index contributed by atoms with van der Waals surface area (Å²) in [6, 6.07) is 20.0. The van der Waals surface area contributed by atoms with Gasteiger partial charge in [0.25, 0.3) is 5.91 Å². The van der Waals surface area contributed by atoms with Crippen molar-refractivity contribution in [2.75, 3.05) is 29.5 Å². The van der Waals surface area contributed by atoms with Crippen molar-refractivity contribution in [2.45, 2.75) is 44.0 Å². The normalized spacial score (nSPS) is 12.1. The molecule has 10 heteroatoms. The topological polar surface area (TPSA) is 133 Å². The molecule has 0 bridgehead atoms. The number of nitrogens with one attached hydrogen (secondary N) is 4. The number of hydrogen-bond donors (Lipinski definition) is 4. The maximum absolute atomic E-state index is 12.7. The summed E-state index contributed by atoms with van der Waals surface area (Å²) in [5.74, 6) is -0.744. The lowest BCUT2D eigenvalue weighted by Crippen LogP contribution is -2.32. The Balaban J connectivity index is 0.00000237. The van der Waals surface area contributed by atoms with Gasteiger partial charge in [0, 0.05) is 36.4 Å². The van der Waals surface area contributed by atoms with E-state index in [0.717, 1.165) is 24.0 Å². The predicted molar refractivity (Wildman–Crippen MR) is 165 cm³/mol. The van der Waals surface area contributed by atoms with E-state index in [1.807, 2.05) is 42.5 Å². The van der Waals surface area contributed by atoms with Gasteiger partial charge in [0.05, 0.1) is 17.2 Å². The highest BCUT2D eigenvalue weighted by molar-refractivity contribution is 7.91. The Labute approximate surface area is 247 Å². The van der Waals surface area contributed by atoms with E-state index in [1.54, 1.807) is 25.1 Å². The number of carbonyl (C=O) groups is 3. The van der Waals surface area contributed by atoms with Gasteiger partial charge in [-0.2, -0.15) is 0 Å². The first kappa shape index (κ1) is 31.9. The first-order chi connectivity index (χ1) is 20.2. The van der Waals surface area contributed by atoms with Crippen molar-refractivity contribution < 1.29 is 22.8 Å². The zero-order valence-corrected chi connectivity index (χ0v) is 24.4. The lowest BCUT2D eigenvalue weighted by molar-refractivity contribution is -0.119. The first-order valence-electron chi connectivity index (χ1n) is 13.7. The summed E-state index contributed by atoms with van der Waals surface area (Å²) in [5.41, 5.74) is 4.21. The van der Waals surface area contributed by atoms with Crippen LogP contribution in [-0.4, -0.2) is 45.0 Å². The van der Waals surface area contributed by atoms with Gasteiger partial charge in [0.15, 0.2) is 9.84 Å². The quantitative estimate of drug-likeness (QED) is 0.239. The average Bonchev–Trinajstić information content (AvgIpc) is 3.01. The van der Waals surface area contributed by atoms with Gasteiger partial charge < -0.3 is 21.3 Å². The summed E-state index contributed by atoms with van der Waals surface area (Å²) >= 11 is 0. The van der Waals surface area contributed by atoms with Crippen molar-refractivity contribution in [2.24, 2.45) is 0 Å². The number of carbonyl (C=O) groups excluding carboxylic acids is 3. The van der Waals surface area contributed by atoms with Crippen LogP contribution in [0, 0.1) is 12.8 Å². The molecule has 0 fully saturated rings. The van der Waals surface area contributed by atoms with Crippen LogP contribution in [0.5, 0.6) is 0 Å². The predicted octanol–water partition coefficient (Wildman–Crippen LogP) is 3.71. The minimum atomic E-state index is -3.55. The standard InChI is InChI=1S/C30H34N4O5S.C2H2/c1-2-40(38,39)27-14-13-25(34-28(35)10-6-9-21-7-4-3-5-8-21)17-23(27)19-33-29(36)20-32-24-12-11-22-15-16-31-30(37)26(22)18-24;1-2/h3-5,7-8,11-14,17-18,32H,2,6,9-10,15-16,19-20H2,1H3,(H,31,37)(H,33,36)(H,34,35);1-2H. The Hall–Kier alpha value is -4.62. The molecular formula is C32H36N4O5S. The first-order valence-corrected chi connectivity index (χ1v) is 15.3. The number of fused-ring (bicyclic) bond motifs is 1. The van der Waals surface area contributed by atoms with Gasteiger partial charge in [-0.15, -0.1) is 12.8 Å². The minimum Gasteiger partial charge on any atom is -0.376 e. The average molecular weight is 589 g/mol. The number of aryl methyl sites for hydroxylation is 1. The molecule has 0 aromatic heterocycles. The summed E-state index contributed by atoms with van der Waals surface area (Å²) in [6.45, 7) is 2.08. The van der Waals surface area contributed by atoms with Crippen LogP contribution < -0.4 is 21.3 Å². The molecule has 0 atom stereocenters. The number of hydrogen-bond acceptors (Lipinski definition) is 6. The number of rotatable bonds is 12. The maximum Gasteiger partial charge on any atom is 0.251 e. The van der Waals surface area contributed by atoms with Crippen molar-refractivity contribution in [1.29, 1.82) is 0 Å². The van der Waals surface area contributed by atoms with Gasteiger partial charge in [-0.25, -0.2) is 8.42 Å². The van der Waals surface area contributed by atoms with Gasteiger partial charge in [0.1, 0.15) is 0 Å². The zero-order valence-electron chi connectivity index (χ0n) is 23.6. The monoisotopic (exact) mass is 588 g/mol. The molecule has 42 heavy (non-hydrogen) atoms. The fourth-order valence-corrected chi connectivity index (χ4v) is 5.65. The molecule has 3 amide bonds. The Morgan fingerprint density at radius 1 is 0.952 bits per heavy atom. The van der Waals surface area contributed by atoms with E-state index >= 15 is 0 Å². The van der Waals surface area contributed by atoms with Crippen LogP contribution in [0.25, 0.3) is 0 Å². The van der Waals surface area contributed by atoms with E-state index in [1.165, 1.54) is 6.07 Å². The molecule has 4 N–H and O–H groups in total. The third-order valence-corrected chi connectivity index (χ3v) is 8.56. The number of sulfone groups is 1. The summed E-state index contributed by atoms with van der Waals surface area (Å²) in [5, 5.41) is 11.4. The van der Waals surface area contributed by atoms with Gasteiger partial charge in [0.2, 0.25) is 11.8 Å². The molecule has 9 nitrogen and oxygen atoms in total. The van der Waals surface area contributed by atoms with Gasteiger partial charge in [-0.1, -0.05) is 43.3 Å². The number of anilines is 2. The Morgan fingerprint density at radius 3 is 2.43 bits per heavy atom. The van der Waals surface area contributed by atoms with Crippen LogP contribution in [-0.2, 0) is 38.8 Å². The van der Waals surface area contributed by atoms with E-state index in [2.05, 4.69) is 34.1 Å². The van der Waals surface area contributed by atoms with E-state index < -0.39 is 9.84 Å². The third kappa shape index (κ3) is 8.94. The SMILES string of the molecule is C#C.CCS(=O)(=O)c1ccc(NC(=O)CCCc2ccccc2)cc1CNC(=O)CNc1ccc2c(c1)C(=O)NCC2. The summed E-state index contributed by atoms with van der Waals surface area (Å²) in [7, 11) is -3.55. The molecule has 1 heterocycles. The fourth-order valence-electron chi connectivity index (χ4n) is 4.54. The van der Waals surface area contributed by atoms with Gasteiger partial charge >= 0.3 is 0 Å². The highest BCUT2D eigenvalue weighted by Gasteiger charge is 2.19. The molecule has 4 rings (SSSR count). The van der Waals surface area contributed by atoms with Crippen molar-refractivity contribution in [3.05, 3.63) is 89.0 Å². The minimum absolute atomic E-state index is 0.0284. The molecule has 0 unspecified atom stereocenters. The van der Waals surface area contributed by atoms with Crippen LogP contribution in [0.4, 0.5) is 11.4 Å². The van der Waals surface area contributed by atoms with Crippen molar-refractivity contribution >= 4 is 38.9 Å². The Bertz CT molecular complexity index is 1530. The molecule has 1 aliphatic rings. The van der Waals surface area contributed by atoms with Crippen LogP contribution in [0.15, 0.2) is 71.6 Å². The van der Waals surface area contributed by atoms with Crippen LogP contribution in [0.2, 0.25) is 0 Å². The molecule has 1 aliphatic heterocycles. The highest BCUT2D eigenvalue weighted by Crippen LogP contribution is 2.23. The molecule has 0 spiro atoms.